The molecule has 1 rings (SSSR count). The molecule has 0 aromatic rings. The Morgan fingerprint density at radius 3 is 2.40 bits per heavy atom. The van der Waals surface area contributed by atoms with E-state index in [9.17, 15) is 9.59 Å². The van der Waals surface area contributed by atoms with Crippen molar-refractivity contribution in [2.24, 2.45) is 11.8 Å². The highest BCUT2D eigenvalue weighted by Crippen LogP contribution is 2.27. The van der Waals surface area contributed by atoms with E-state index in [4.69, 9.17) is 5.11 Å². The molecule has 0 unspecified atom stereocenters. The summed E-state index contributed by atoms with van der Waals surface area (Å²) >= 11 is 0. The Morgan fingerprint density at radius 1 is 1.27 bits per heavy atom. The molecule has 0 bridgehead atoms. The fraction of sp³-hybridized carbons (Fsp3) is 0.818. The van der Waals surface area contributed by atoms with Crippen molar-refractivity contribution < 1.29 is 14.7 Å². The molecule has 0 aliphatic heterocycles. The molecule has 86 valence electrons. The quantitative estimate of drug-likeness (QED) is 0.694. The molecule has 1 aliphatic rings. The van der Waals surface area contributed by atoms with Crippen LogP contribution in [0.1, 0.15) is 39.0 Å². The van der Waals surface area contributed by atoms with E-state index in [2.05, 4.69) is 12.2 Å². The predicted molar refractivity (Wildman–Crippen MR) is 56.4 cm³/mol. The molecule has 2 N–H and O–H groups in total. The van der Waals surface area contributed by atoms with Gasteiger partial charge in [-0.25, -0.2) is 0 Å². The van der Waals surface area contributed by atoms with Crippen LogP contribution in [0.2, 0.25) is 0 Å². The minimum atomic E-state index is -1.07. The van der Waals surface area contributed by atoms with Crippen molar-refractivity contribution in [2.45, 2.75) is 39.0 Å². The van der Waals surface area contributed by atoms with Crippen LogP contribution in [-0.2, 0) is 9.59 Å². The minimum absolute atomic E-state index is 0.374. The standard InChI is InChI=1S/C11H19NO3/c1-8-2-4-9(5-3-8)7-12-10(13)6-11(14)15/h8-9H,2-7H2,1H3,(H,12,13)(H,14,15). The molecule has 4 nitrogen and oxygen atoms in total. The van der Waals surface area contributed by atoms with Crippen molar-refractivity contribution in [3.05, 3.63) is 0 Å². The normalized spacial score (nSPS) is 25.9. The van der Waals surface area contributed by atoms with Gasteiger partial charge in [0.1, 0.15) is 6.42 Å². The lowest BCUT2D eigenvalue weighted by Crippen LogP contribution is -2.32. The molecule has 0 atom stereocenters. The number of aliphatic carboxylic acids is 1. The third kappa shape index (κ3) is 4.81. The largest absolute Gasteiger partial charge is 0.481 e. The first-order chi connectivity index (χ1) is 7.08. The second-order valence-electron chi connectivity index (χ2n) is 4.50. The van der Waals surface area contributed by atoms with E-state index < -0.39 is 12.4 Å². The summed E-state index contributed by atoms with van der Waals surface area (Å²) in [6.07, 6.45) is 4.32. The second kappa shape index (κ2) is 5.73. The van der Waals surface area contributed by atoms with Gasteiger partial charge in [-0.05, 0) is 24.7 Å². The van der Waals surface area contributed by atoms with Gasteiger partial charge in [-0.15, -0.1) is 0 Å². The SMILES string of the molecule is CC1CCC(CNC(=O)CC(=O)O)CC1. The van der Waals surface area contributed by atoms with E-state index in [-0.39, 0.29) is 5.91 Å². The number of rotatable bonds is 4. The number of nitrogens with one attached hydrogen (secondary N) is 1. The maximum atomic E-state index is 11.1. The predicted octanol–water partition coefficient (Wildman–Crippen LogP) is 1.40. The van der Waals surface area contributed by atoms with Gasteiger partial charge in [0.25, 0.3) is 0 Å². The van der Waals surface area contributed by atoms with Crippen LogP contribution in [0.25, 0.3) is 0 Å². The number of hydrogen-bond acceptors (Lipinski definition) is 2. The third-order valence-corrected chi connectivity index (χ3v) is 3.04. The first-order valence-corrected chi connectivity index (χ1v) is 5.56. The van der Waals surface area contributed by atoms with Gasteiger partial charge < -0.3 is 10.4 Å². The molecule has 1 aliphatic carbocycles. The summed E-state index contributed by atoms with van der Waals surface area (Å²) in [5.41, 5.74) is 0. The minimum Gasteiger partial charge on any atom is -0.481 e. The van der Waals surface area contributed by atoms with Crippen LogP contribution < -0.4 is 5.32 Å². The Morgan fingerprint density at radius 2 is 1.87 bits per heavy atom. The van der Waals surface area contributed by atoms with E-state index in [0.29, 0.717) is 12.5 Å². The van der Waals surface area contributed by atoms with Gasteiger partial charge in [-0.1, -0.05) is 19.8 Å². The molecule has 1 fully saturated rings. The summed E-state index contributed by atoms with van der Waals surface area (Å²) in [6, 6.07) is 0. The van der Waals surface area contributed by atoms with E-state index >= 15 is 0 Å². The molecule has 1 saturated carbocycles. The summed E-state index contributed by atoms with van der Waals surface area (Å²) in [4.78, 5) is 21.3. The molecule has 0 heterocycles. The van der Waals surface area contributed by atoms with Gasteiger partial charge in [-0.3, -0.25) is 9.59 Å². The first kappa shape index (κ1) is 12.0. The molecule has 1 amide bonds. The van der Waals surface area contributed by atoms with E-state index in [1.165, 1.54) is 12.8 Å². The molecule has 0 spiro atoms. The van der Waals surface area contributed by atoms with Crippen molar-refractivity contribution in [1.29, 1.82) is 0 Å². The zero-order valence-corrected chi connectivity index (χ0v) is 9.16. The Kier molecular flexibility index (Phi) is 4.59. The van der Waals surface area contributed by atoms with Crippen LogP contribution in [0.4, 0.5) is 0 Å². The van der Waals surface area contributed by atoms with Crippen LogP contribution >= 0.6 is 0 Å². The fourth-order valence-corrected chi connectivity index (χ4v) is 1.99. The lowest BCUT2D eigenvalue weighted by molar-refractivity contribution is -0.140. The van der Waals surface area contributed by atoms with Gasteiger partial charge in [0.15, 0.2) is 0 Å². The molecule has 15 heavy (non-hydrogen) atoms. The number of carbonyl (C=O) groups excluding carboxylic acids is 1. The fourth-order valence-electron chi connectivity index (χ4n) is 1.99. The van der Waals surface area contributed by atoms with Crippen molar-refractivity contribution in [1.82, 2.24) is 5.32 Å². The van der Waals surface area contributed by atoms with Crippen molar-refractivity contribution >= 4 is 11.9 Å². The number of carboxylic acids is 1. The van der Waals surface area contributed by atoms with Gasteiger partial charge >= 0.3 is 5.97 Å². The second-order valence-corrected chi connectivity index (χ2v) is 4.50. The van der Waals surface area contributed by atoms with E-state index in [1.54, 1.807) is 0 Å². The third-order valence-electron chi connectivity index (χ3n) is 3.04. The highest BCUT2D eigenvalue weighted by Gasteiger charge is 2.18. The average Bonchev–Trinajstić information content (AvgIpc) is 2.16. The molecule has 4 heteroatoms. The maximum absolute atomic E-state index is 11.1. The van der Waals surface area contributed by atoms with Crippen LogP contribution in [0.15, 0.2) is 0 Å². The average molecular weight is 213 g/mol. The monoisotopic (exact) mass is 213 g/mol. The van der Waals surface area contributed by atoms with Crippen LogP contribution in [0.3, 0.4) is 0 Å². The van der Waals surface area contributed by atoms with Crippen LogP contribution in [0.5, 0.6) is 0 Å². The highest BCUT2D eigenvalue weighted by molar-refractivity contribution is 5.93. The smallest absolute Gasteiger partial charge is 0.312 e. The van der Waals surface area contributed by atoms with Crippen molar-refractivity contribution in [2.75, 3.05) is 6.54 Å². The number of carbonyl (C=O) groups is 2. The summed E-state index contributed by atoms with van der Waals surface area (Å²) in [6.45, 7) is 2.89. The Balaban J connectivity index is 2.14. The molecular weight excluding hydrogens is 194 g/mol. The van der Waals surface area contributed by atoms with Gasteiger partial charge in [0, 0.05) is 6.54 Å². The topological polar surface area (TPSA) is 66.4 Å². The lowest BCUT2D eigenvalue weighted by atomic mass is 9.83. The molecule has 0 radical (unpaired) electrons. The van der Waals surface area contributed by atoms with Crippen molar-refractivity contribution in [3.8, 4) is 0 Å². The molecular formula is C11H19NO3. The number of amides is 1. The van der Waals surface area contributed by atoms with Gasteiger partial charge in [0.05, 0.1) is 0 Å². The summed E-state index contributed by atoms with van der Waals surface area (Å²) in [5.74, 6) is -0.0965. The molecule has 0 aromatic carbocycles. The number of carboxylic acid groups (broad SMARTS) is 1. The van der Waals surface area contributed by atoms with Crippen molar-refractivity contribution in [3.63, 3.8) is 0 Å². The van der Waals surface area contributed by atoms with E-state index in [0.717, 1.165) is 18.8 Å². The summed E-state index contributed by atoms with van der Waals surface area (Å²) in [5, 5.41) is 11.1. The van der Waals surface area contributed by atoms with E-state index in [1.807, 2.05) is 0 Å². The lowest BCUT2D eigenvalue weighted by Gasteiger charge is -2.26. The summed E-state index contributed by atoms with van der Waals surface area (Å²) in [7, 11) is 0. The molecule has 0 saturated heterocycles. The maximum Gasteiger partial charge on any atom is 0.312 e. The first-order valence-electron chi connectivity index (χ1n) is 5.56. The Labute approximate surface area is 90.0 Å². The molecule has 0 aromatic heterocycles. The van der Waals surface area contributed by atoms with Crippen LogP contribution in [-0.4, -0.2) is 23.5 Å². The Hall–Kier alpha value is -1.06. The van der Waals surface area contributed by atoms with Gasteiger partial charge in [0.2, 0.25) is 5.91 Å². The van der Waals surface area contributed by atoms with Gasteiger partial charge in [-0.2, -0.15) is 0 Å². The zero-order chi connectivity index (χ0) is 11.3. The van der Waals surface area contributed by atoms with Crippen LogP contribution in [0, 0.1) is 11.8 Å². The zero-order valence-electron chi connectivity index (χ0n) is 9.16. The number of hydrogen-bond donors (Lipinski definition) is 2. The summed E-state index contributed by atoms with van der Waals surface area (Å²) < 4.78 is 0. The highest BCUT2D eigenvalue weighted by atomic mass is 16.4. The Bertz CT molecular complexity index is 232.